The van der Waals surface area contributed by atoms with Crippen LogP contribution in [0.2, 0.25) is 0 Å². The second-order valence-corrected chi connectivity index (χ2v) is 13.4. The Labute approximate surface area is 298 Å². The van der Waals surface area contributed by atoms with Crippen LogP contribution < -0.4 is 10.6 Å². The van der Waals surface area contributed by atoms with Gasteiger partial charge in [-0.1, -0.05) is 128 Å². The predicted octanol–water partition coefficient (Wildman–Crippen LogP) is 9.11. The minimum Gasteiger partial charge on any atom is -0.464 e. The minimum atomic E-state index is -0.929. The molecule has 0 saturated heterocycles. The fourth-order valence-corrected chi connectivity index (χ4v) is 6.02. The molecule has 1 aromatic carbocycles. The average Bonchev–Trinajstić information content (AvgIpc) is 3.59. The second kappa shape index (κ2) is 27.2. The first-order valence-corrected chi connectivity index (χ1v) is 19.2. The van der Waals surface area contributed by atoms with Gasteiger partial charge in [0, 0.05) is 26.0 Å². The Hall–Kier alpha value is -3.54. The van der Waals surface area contributed by atoms with Crippen molar-refractivity contribution >= 4 is 34.3 Å². The molecular weight excluding hydrogens is 638 g/mol. The Morgan fingerprint density at radius 3 is 2.02 bits per heavy atom. The summed E-state index contributed by atoms with van der Waals surface area (Å²) < 4.78 is 9.82. The number of esters is 1. The highest BCUT2D eigenvalue weighted by Crippen LogP contribution is 2.28. The van der Waals surface area contributed by atoms with Crippen LogP contribution in [0.5, 0.6) is 0 Å². The van der Waals surface area contributed by atoms with E-state index in [4.69, 9.17) is 9.37 Å². The number of hydrogen-bond acceptors (Lipinski definition) is 10. The number of carbonyl (C=O) groups excluding carboxylic acids is 2. The van der Waals surface area contributed by atoms with Gasteiger partial charge in [0.1, 0.15) is 6.61 Å². The van der Waals surface area contributed by atoms with Crippen molar-refractivity contribution in [3.8, 4) is 0 Å². The lowest BCUT2D eigenvalue weighted by Gasteiger charge is -2.21. The molecule has 0 aliphatic carbocycles. The Kier molecular flexibility index (Phi) is 23.2. The highest BCUT2D eigenvalue weighted by atomic mass is 16.6. The molecule has 0 fully saturated rings. The third-order valence-corrected chi connectivity index (χ3v) is 9.02. The first-order valence-electron chi connectivity index (χ1n) is 19.2. The molecule has 12 nitrogen and oxygen atoms in total. The van der Waals surface area contributed by atoms with Gasteiger partial charge in [-0.05, 0) is 42.1 Å². The molecule has 3 N–H and O–H groups in total. The fourth-order valence-electron chi connectivity index (χ4n) is 6.02. The van der Waals surface area contributed by atoms with Crippen LogP contribution in [0.3, 0.4) is 0 Å². The zero-order valence-corrected chi connectivity index (χ0v) is 30.7. The van der Waals surface area contributed by atoms with Gasteiger partial charge in [0.05, 0.1) is 22.8 Å². The number of nitrogens with one attached hydrogen (secondary N) is 2. The van der Waals surface area contributed by atoms with Crippen LogP contribution in [0.15, 0.2) is 28.9 Å². The summed E-state index contributed by atoms with van der Waals surface area (Å²) in [6.07, 6.45) is 27.7. The van der Waals surface area contributed by atoms with Gasteiger partial charge in [-0.15, -0.1) is 0 Å². The molecule has 1 aromatic heterocycles. The summed E-state index contributed by atoms with van der Waals surface area (Å²) in [6, 6.07) is 2.37. The number of fused-ring (bicyclic) bond motifs is 1. The van der Waals surface area contributed by atoms with Crippen LogP contribution in [0.4, 0.5) is 11.4 Å². The molecule has 0 spiro atoms. The molecule has 0 aliphatic heterocycles. The molecule has 0 radical (unpaired) electrons. The molecule has 282 valence electrons. The molecule has 2 atom stereocenters. The Balaban J connectivity index is 1.51. The SMILES string of the molecule is CCCCCCCCCCCCCCCC(=O)N[C@@H](COC(C)=O)[C@H](O)/C=C/CCCCCCCCCNc1ccc([N+](=O)[O-])c2nonc12. The standard InChI is InChI=1S/C38H63N5O7/c1-3-4-5-6-7-8-9-10-11-14-17-20-23-26-36(46)40-33(30-49-31(2)44)35(45)25-22-19-16-13-12-15-18-21-24-29-39-32-27-28-34(43(47)48)38-37(32)41-50-42-38/h22,25,27-28,33,35,39,45H,3-21,23-24,26,29-30H2,1-2H3,(H,40,46)/b25-22+/t33-,35+/m0/s1. The van der Waals surface area contributed by atoms with E-state index in [0.29, 0.717) is 17.6 Å². The summed E-state index contributed by atoms with van der Waals surface area (Å²) >= 11 is 0. The van der Waals surface area contributed by atoms with E-state index in [1.54, 1.807) is 12.1 Å². The monoisotopic (exact) mass is 701 g/mol. The number of aliphatic hydroxyl groups is 1. The Morgan fingerprint density at radius 2 is 1.42 bits per heavy atom. The van der Waals surface area contributed by atoms with Crippen LogP contribution in [0, 0.1) is 10.1 Å². The molecule has 12 heteroatoms. The molecule has 0 saturated carbocycles. The van der Waals surface area contributed by atoms with Crippen LogP contribution in [-0.4, -0.2) is 57.5 Å². The van der Waals surface area contributed by atoms with E-state index in [0.717, 1.165) is 77.2 Å². The number of unbranched alkanes of at least 4 members (excludes halogenated alkanes) is 19. The third-order valence-electron chi connectivity index (χ3n) is 9.02. The number of aromatic nitrogens is 2. The summed E-state index contributed by atoms with van der Waals surface area (Å²) in [5.41, 5.74) is 1.06. The van der Waals surface area contributed by atoms with Crippen molar-refractivity contribution in [2.75, 3.05) is 18.5 Å². The van der Waals surface area contributed by atoms with Crippen LogP contribution >= 0.6 is 0 Å². The van der Waals surface area contributed by atoms with Crippen molar-refractivity contribution in [1.29, 1.82) is 0 Å². The maximum absolute atomic E-state index is 12.6. The second-order valence-electron chi connectivity index (χ2n) is 13.4. The number of hydrogen-bond donors (Lipinski definition) is 3. The molecule has 1 heterocycles. The highest BCUT2D eigenvalue weighted by molar-refractivity contribution is 5.93. The highest BCUT2D eigenvalue weighted by Gasteiger charge is 2.21. The quantitative estimate of drug-likeness (QED) is 0.0226. The molecule has 2 aromatic rings. The van der Waals surface area contributed by atoms with Gasteiger partial charge in [-0.25, -0.2) is 4.63 Å². The van der Waals surface area contributed by atoms with Gasteiger partial charge in [0.25, 0.3) is 0 Å². The zero-order valence-electron chi connectivity index (χ0n) is 30.7. The number of carbonyl (C=O) groups is 2. The van der Waals surface area contributed by atoms with E-state index in [2.05, 4.69) is 27.9 Å². The smallest absolute Gasteiger partial charge is 0.302 e. The number of ether oxygens (including phenoxy) is 1. The zero-order chi connectivity index (χ0) is 36.2. The lowest BCUT2D eigenvalue weighted by molar-refractivity contribution is -0.383. The maximum Gasteiger partial charge on any atom is 0.302 e. The molecule has 0 unspecified atom stereocenters. The molecular formula is C38H63N5O7. The predicted molar refractivity (Wildman–Crippen MR) is 198 cm³/mol. The third kappa shape index (κ3) is 19.0. The van der Waals surface area contributed by atoms with Gasteiger partial charge in [0.15, 0.2) is 5.52 Å². The Morgan fingerprint density at radius 1 is 0.860 bits per heavy atom. The average molecular weight is 702 g/mol. The number of benzene rings is 1. The van der Waals surface area contributed by atoms with E-state index in [1.165, 1.54) is 77.2 Å². The van der Waals surface area contributed by atoms with E-state index in [9.17, 15) is 24.8 Å². The van der Waals surface area contributed by atoms with Crippen molar-refractivity contribution in [2.24, 2.45) is 0 Å². The van der Waals surface area contributed by atoms with Gasteiger partial charge in [-0.2, -0.15) is 0 Å². The molecule has 0 bridgehead atoms. The largest absolute Gasteiger partial charge is 0.464 e. The summed E-state index contributed by atoms with van der Waals surface area (Å²) in [6.45, 7) is 4.24. The summed E-state index contributed by atoms with van der Waals surface area (Å²) in [5.74, 6) is -0.562. The first kappa shape index (κ1) is 42.6. The van der Waals surface area contributed by atoms with Gasteiger partial charge in [0.2, 0.25) is 11.4 Å². The van der Waals surface area contributed by atoms with Crippen LogP contribution in [-0.2, 0) is 14.3 Å². The normalized spacial score (nSPS) is 12.7. The van der Waals surface area contributed by atoms with E-state index in [1.807, 2.05) is 6.08 Å². The molecule has 1 amide bonds. The van der Waals surface area contributed by atoms with Gasteiger partial charge < -0.3 is 20.5 Å². The number of non-ortho nitro benzene ring substituents is 1. The molecule has 0 aliphatic rings. The van der Waals surface area contributed by atoms with Gasteiger partial charge >= 0.3 is 11.7 Å². The molecule has 2 rings (SSSR count). The number of anilines is 1. The molecule has 50 heavy (non-hydrogen) atoms. The van der Waals surface area contributed by atoms with Crippen LogP contribution in [0.25, 0.3) is 11.0 Å². The number of nitro groups is 1. The lowest BCUT2D eigenvalue weighted by atomic mass is 10.0. The fraction of sp³-hybridized carbons (Fsp3) is 0.737. The minimum absolute atomic E-state index is 0.0592. The number of amides is 1. The number of rotatable bonds is 31. The van der Waals surface area contributed by atoms with Gasteiger partial charge in [-0.3, -0.25) is 19.7 Å². The van der Waals surface area contributed by atoms with Crippen molar-refractivity contribution in [3.05, 3.63) is 34.4 Å². The maximum atomic E-state index is 12.6. The summed E-state index contributed by atoms with van der Waals surface area (Å²) in [7, 11) is 0. The summed E-state index contributed by atoms with van der Waals surface area (Å²) in [4.78, 5) is 34.6. The van der Waals surface area contributed by atoms with Crippen molar-refractivity contribution < 1.29 is 29.0 Å². The Bertz CT molecular complexity index is 1250. The topological polar surface area (TPSA) is 170 Å². The van der Waals surface area contributed by atoms with E-state index < -0.39 is 23.0 Å². The van der Waals surface area contributed by atoms with Crippen LogP contribution in [0.1, 0.15) is 155 Å². The lowest BCUT2D eigenvalue weighted by Crippen LogP contribution is -2.46. The summed E-state index contributed by atoms with van der Waals surface area (Å²) in [5, 5.41) is 35.4. The number of aliphatic hydroxyl groups excluding tert-OH is 1. The number of nitro benzene ring substituents is 1. The van der Waals surface area contributed by atoms with E-state index >= 15 is 0 Å². The van der Waals surface area contributed by atoms with Crippen molar-refractivity contribution in [2.45, 2.75) is 167 Å². The van der Waals surface area contributed by atoms with Crippen molar-refractivity contribution in [1.82, 2.24) is 15.6 Å². The first-order chi connectivity index (χ1) is 24.3. The van der Waals surface area contributed by atoms with E-state index in [-0.39, 0.29) is 23.7 Å². The number of nitrogens with zero attached hydrogens (tertiary/aromatic N) is 3. The number of allylic oxidation sites excluding steroid dienone is 1. The van der Waals surface area contributed by atoms with Crippen molar-refractivity contribution in [3.63, 3.8) is 0 Å².